The maximum absolute atomic E-state index is 12.7. The molecule has 1 unspecified atom stereocenters. The summed E-state index contributed by atoms with van der Waals surface area (Å²) in [4.78, 5) is 25.1. The third-order valence-electron chi connectivity index (χ3n) is 6.93. The van der Waals surface area contributed by atoms with Gasteiger partial charge in [-0.2, -0.15) is 0 Å². The van der Waals surface area contributed by atoms with Crippen LogP contribution in [0.5, 0.6) is 5.75 Å². The molecule has 1 aliphatic rings. The average Bonchev–Trinajstić information content (AvgIpc) is 3.66. The highest BCUT2D eigenvalue weighted by atomic mass is 35.5. The highest BCUT2D eigenvalue weighted by molar-refractivity contribution is 7.20. The van der Waals surface area contributed by atoms with Gasteiger partial charge in [-0.1, -0.05) is 71.7 Å². The van der Waals surface area contributed by atoms with Crippen LogP contribution in [0.1, 0.15) is 37.0 Å². The minimum Gasteiger partial charge on any atom is -0.496 e. The molecule has 39 heavy (non-hydrogen) atoms. The second-order valence-corrected chi connectivity index (χ2v) is 11.5. The van der Waals surface area contributed by atoms with E-state index in [4.69, 9.17) is 32.7 Å². The highest BCUT2D eigenvalue weighted by Crippen LogP contribution is 2.49. The molecule has 0 spiro atoms. The molecule has 1 atom stereocenters. The van der Waals surface area contributed by atoms with Crippen molar-refractivity contribution in [1.82, 2.24) is 0 Å². The molecular weight excluding hydrogens is 557 g/mol. The molecule has 6 nitrogen and oxygen atoms in total. The number of halogens is 2. The Labute approximate surface area is 240 Å². The van der Waals surface area contributed by atoms with Gasteiger partial charge in [0.1, 0.15) is 11.9 Å². The van der Waals surface area contributed by atoms with E-state index in [1.54, 1.807) is 32.2 Å². The largest absolute Gasteiger partial charge is 0.496 e. The molecule has 4 aromatic rings. The molecule has 1 fully saturated rings. The number of hydrogen-bond acceptors (Lipinski definition) is 5. The molecule has 1 saturated carbocycles. The quantitative estimate of drug-likeness (QED) is 0.217. The summed E-state index contributed by atoms with van der Waals surface area (Å²) in [6.45, 7) is 1.78. The van der Waals surface area contributed by atoms with Gasteiger partial charge in [0, 0.05) is 10.6 Å². The van der Waals surface area contributed by atoms with E-state index >= 15 is 0 Å². The van der Waals surface area contributed by atoms with Crippen molar-refractivity contribution in [3.8, 4) is 27.3 Å². The van der Waals surface area contributed by atoms with E-state index in [1.165, 1.54) is 11.3 Å². The summed E-state index contributed by atoms with van der Waals surface area (Å²) in [6, 6.07) is 22.1. The molecule has 1 aromatic heterocycles. The van der Waals surface area contributed by atoms with Gasteiger partial charge >= 0.3 is 12.1 Å². The summed E-state index contributed by atoms with van der Waals surface area (Å²) < 4.78 is 11.8. The Hall–Kier alpha value is -3.52. The van der Waals surface area contributed by atoms with Gasteiger partial charge in [-0.3, -0.25) is 10.1 Å². The minimum absolute atomic E-state index is 0.476. The van der Waals surface area contributed by atoms with E-state index < -0.39 is 23.6 Å². The first kappa shape index (κ1) is 27.1. The van der Waals surface area contributed by atoms with E-state index in [9.17, 15) is 14.7 Å². The van der Waals surface area contributed by atoms with E-state index in [0.29, 0.717) is 33.6 Å². The number of hydrogen-bond donors (Lipinski definition) is 2. The lowest BCUT2D eigenvalue weighted by Gasteiger charge is -2.15. The normalized spacial score (nSPS) is 14.4. The van der Waals surface area contributed by atoms with Gasteiger partial charge in [0.15, 0.2) is 0 Å². The average molecular weight is 583 g/mol. The van der Waals surface area contributed by atoms with Crippen molar-refractivity contribution in [2.45, 2.75) is 31.3 Å². The van der Waals surface area contributed by atoms with Crippen molar-refractivity contribution >= 4 is 52.3 Å². The lowest BCUT2D eigenvalue weighted by Crippen LogP contribution is -2.19. The number of nitrogens with one attached hydrogen (secondary N) is 1. The summed E-state index contributed by atoms with van der Waals surface area (Å²) in [7, 11) is 1.59. The fourth-order valence-corrected chi connectivity index (χ4v) is 5.86. The molecule has 0 aliphatic heterocycles. The van der Waals surface area contributed by atoms with Crippen LogP contribution in [0.15, 0.2) is 72.8 Å². The Balaban J connectivity index is 1.36. The molecule has 0 bridgehead atoms. The number of carboxylic acid groups (broad SMARTS) is 1. The second kappa shape index (κ2) is 10.9. The topological polar surface area (TPSA) is 84.9 Å². The van der Waals surface area contributed by atoms with Crippen molar-refractivity contribution in [2.75, 3.05) is 12.4 Å². The number of benzene rings is 3. The number of amides is 1. The van der Waals surface area contributed by atoms with Crippen molar-refractivity contribution < 1.29 is 24.2 Å². The number of carbonyl (C=O) groups is 2. The van der Waals surface area contributed by atoms with Crippen molar-refractivity contribution in [3.05, 3.63) is 93.3 Å². The molecule has 1 amide bonds. The Morgan fingerprint density at radius 1 is 0.974 bits per heavy atom. The van der Waals surface area contributed by atoms with Crippen molar-refractivity contribution in [3.63, 3.8) is 0 Å². The lowest BCUT2D eigenvalue weighted by atomic mass is 9.93. The van der Waals surface area contributed by atoms with Crippen LogP contribution in [0, 0.1) is 0 Å². The SMILES string of the molecule is COc1cc(-c2sc(Cl)cc2NC(=O)OC(C)c2ccc(Cl)cc2)ccc1-c1ccc(C2(C(=O)O)CC2)cc1. The molecule has 3 aromatic carbocycles. The van der Waals surface area contributed by atoms with E-state index in [2.05, 4.69) is 5.32 Å². The number of thiophene rings is 1. The lowest BCUT2D eigenvalue weighted by molar-refractivity contribution is -0.140. The standard InChI is InChI=1S/C30H25Cl2NO5S/c1-17(18-5-10-22(31)11-6-18)38-29(36)33-24-16-26(32)39-27(24)20-7-12-23(25(15-20)37-2)19-3-8-21(9-4-19)30(13-14-30)28(34)35/h3-12,15-17H,13-14H2,1-2H3,(H,33,36)(H,34,35). The van der Waals surface area contributed by atoms with Crippen LogP contribution >= 0.6 is 34.5 Å². The van der Waals surface area contributed by atoms with Crippen LogP contribution in [0.4, 0.5) is 10.5 Å². The number of anilines is 1. The minimum atomic E-state index is -0.778. The zero-order valence-corrected chi connectivity index (χ0v) is 23.5. The van der Waals surface area contributed by atoms with Gasteiger partial charge in [-0.15, -0.1) is 11.3 Å². The molecule has 2 N–H and O–H groups in total. The molecule has 0 radical (unpaired) electrons. The van der Waals surface area contributed by atoms with Gasteiger partial charge in [0.05, 0.1) is 27.4 Å². The molecule has 5 rings (SSSR count). The molecule has 9 heteroatoms. The van der Waals surface area contributed by atoms with Gasteiger partial charge < -0.3 is 14.6 Å². The summed E-state index contributed by atoms with van der Waals surface area (Å²) in [6.07, 6.45) is 0.238. The summed E-state index contributed by atoms with van der Waals surface area (Å²) in [5, 5.41) is 13.0. The fraction of sp³-hybridized carbons (Fsp3) is 0.200. The van der Waals surface area contributed by atoms with E-state index in [1.807, 2.05) is 54.6 Å². The van der Waals surface area contributed by atoms with Crippen LogP contribution < -0.4 is 10.1 Å². The van der Waals surface area contributed by atoms with Gasteiger partial charge in [-0.05, 0) is 66.3 Å². The van der Waals surface area contributed by atoms with Crippen LogP contribution in [0.25, 0.3) is 21.6 Å². The third kappa shape index (κ3) is 5.62. The maximum Gasteiger partial charge on any atom is 0.412 e. The van der Waals surface area contributed by atoms with Crippen LogP contribution in [-0.4, -0.2) is 24.3 Å². The van der Waals surface area contributed by atoms with Crippen LogP contribution in [0.3, 0.4) is 0 Å². The molecule has 0 saturated heterocycles. The smallest absolute Gasteiger partial charge is 0.412 e. The van der Waals surface area contributed by atoms with Gasteiger partial charge in [-0.25, -0.2) is 4.79 Å². The predicted octanol–water partition coefficient (Wildman–Crippen LogP) is 8.82. The van der Waals surface area contributed by atoms with Crippen molar-refractivity contribution in [1.29, 1.82) is 0 Å². The van der Waals surface area contributed by atoms with Gasteiger partial charge in [0.25, 0.3) is 0 Å². The zero-order chi connectivity index (χ0) is 27.7. The summed E-state index contributed by atoms with van der Waals surface area (Å²) in [5.41, 5.74) is 4.00. The van der Waals surface area contributed by atoms with E-state index in [0.717, 1.165) is 32.7 Å². The number of aliphatic carboxylic acids is 1. The predicted molar refractivity (Wildman–Crippen MR) is 155 cm³/mol. The zero-order valence-electron chi connectivity index (χ0n) is 21.2. The van der Waals surface area contributed by atoms with Gasteiger partial charge in [0.2, 0.25) is 0 Å². The fourth-order valence-electron chi connectivity index (χ4n) is 4.56. The number of ether oxygens (including phenoxy) is 2. The molecule has 1 heterocycles. The monoisotopic (exact) mass is 581 g/mol. The Morgan fingerprint density at radius 2 is 1.64 bits per heavy atom. The molecular formula is C30H25Cl2NO5S. The number of methoxy groups -OCH3 is 1. The summed E-state index contributed by atoms with van der Waals surface area (Å²) in [5.74, 6) is -0.145. The van der Waals surface area contributed by atoms with Crippen LogP contribution in [-0.2, 0) is 14.9 Å². The number of carboxylic acids is 1. The first-order valence-corrected chi connectivity index (χ1v) is 13.8. The maximum atomic E-state index is 12.7. The van der Waals surface area contributed by atoms with Crippen molar-refractivity contribution in [2.24, 2.45) is 0 Å². The number of carbonyl (C=O) groups excluding carboxylic acids is 1. The Bertz CT molecular complexity index is 1530. The second-order valence-electron chi connectivity index (χ2n) is 9.40. The first-order chi connectivity index (χ1) is 18.7. The third-order valence-corrected chi connectivity index (χ3v) is 8.50. The van der Waals surface area contributed by atoms with Crippen LogP contribution in [0.2, 0.25) is 9.36 Å². The number of rotatable bonds is 8. The van der Waals surface area contributed by atoms with E-state index in [-0.39, 0.29) is 0 Å². The Kier molecular flexibility index (Phi) is 7.58. The molecule has 1 aliphatic carbocycles. The highest BCUT2D eigenvalue weighted by Gasteiger charge is 2.51. The summed E-state index contributed by atoms with van der Waals surface area (Å²) >= 11 is 13.6. The Morgan fingerprint density at radius 3 is 2.26 bits per heavy atom. The molecule has 200 valence electrons. The first-order valence-electron chi connectivity index (χ1n) is 12.3.